The van der Waals surface area contributed by atoms with Crippen LogP contribution >= 0.6 is 0 Å². The van der Waals surface area contributed by atoms with E-state index in [9.17, 15) is 24.0 Å². The van der Waals surface area contributed by atoms with Crippen LogP contribution in [0.1, 0.15) is 84.4 Å². The van der Waals surface area contributed by atoms with E-state index in [4.69, 9.17) is 4.74 Å². The number of likely N-dealkylation sites (tertiary alicyclic amines) is 1. The van der Waals surface area contributed by atoms with Gasteiger partial charge < -0.3 is 29.3 Å². The van der Waals surface area contributed by atoms with Gasteiger partial charge in [0, 0.05) is 79.5 Å². The summed E-state index contributed by atoms with van der Waals surface area (Å²) < 4.78 is 8.54. The SMILES string of the molecule is C=CC(=O)N1CCC(C(=O)N(C)[C@H](C(=O)N[C@H]2Cc3cccc(c3)-c3ccc4c(c3)c(c(-c3cnccc3C(C)(C)N(C)C)n4CC)CC(C)(C)COC(=O)[C@@H]3CCCN(N3)C2=O)C(C)C)C1. The molecule has 3 aliphatic heterocycles. The highest BCUT2D eigenvalue weighted by Crippen LogP contribution is 2.43. The molecule has 3 aliphatic rings. The molecule has 4 atom stereocenters. The largest absolute Gasteiger partial charge is 0.464 e. The highest BCUT2D eigenvalue weighted by molar-refractivity contribution is 5.96. The number of hydrazine groups is 1. The number of carbonyl (C=O) groups is 5. The van der Waals surface area contributed by atoms with Crippen LogP contribution in [0.25, 0.3) is 33.3 Å². The molecule has 14 nitrogen and oxygen atoms in total. The van der Waals surface area contributed by atoms with Crippen molar-refractivity contribution in [3.63, 3.8) is 0 Å². The molecule has 2 fully saturated rings. The van der Waals surface area contributed by atoms with Crippen LogP contribution in [-0.2, 0) is 53.6 Å². The number of cyclic esters (lactones) is 1. The van der Waals surface area contributed by atoms with Crippen molar-refractivity contribution in [1.82, 2.24) is 40.0 Å². The monoisotopic (exact) mass is 915 g/mol. The lowest BCUT2D eigenvalue weighted by atomic mass is 9.82. The van der Waals surface area contributed by atoms with Gasteiger partial charge in [0.15, 0.2) is 0 Å². The number of carbonyl (C=O) groups excluding carboxylic acids is 5. The van der Waals surface area contributed by atoms with Gasteiger partial charge in [-0.2, -0.15) is 0 Å². The Morgan fingerprint density at radius 2 is 1.79 bits per heavy atom. The molecule has 358 valence electrons. The number of ether oxygens (including phenoxy) is 1. The third-order valence-corrected chi connectivity index (χ3v) is 14.3. The number of rotatable bonds is 10. The summed E-state index contributed by atoms with van der Waals surface area (Å²) in [6.07, 6.45) is 7.35. The van der Waals surface area contributed by atoms with Gasteiger partial charge in [-0.3, -0.25) is 34.0 Å². The van der Waals surface area contributed by atoms with Gasteiger partial charge in [-0.1, -0.05) is 64.6 Å². The summed E-state index contributed by atoms with van der Waals surface area (Å²) in [4.78, 5) is 79.5. The molecule has 0 spiro atoms. The molecule has 2 aromatic carbocycles. The zero-order valence-electron chi connectivity index (χ0n) is 41.1. The molecule has 2 saturated heterocycles. The first-order valence-corrected chi connectivity index (χ1v) is 23.9. The first kappa shape index (κ1) is 49.1. The fraction of sp³-hybridized carbons (Fsp3) is 0.509. The molecule has 4 aromatic rings. The Morgan fingerprint density at radius 3 is 2.49 bits per heavy atom. The predicted molar refractivity (Wildman–Crippen MR) is 261 cm³/mol. The van der Waals surface area contributed by atoms with E-state index in [1.807, 2.05) is 38.4 Å². The molecular weight excluding hydrogens is 845 g/mol. The summed E-state index contributed by atoms with van der Waals surface area (Å²) in [7, 11) is 5.80. The molecule has 7 rings (SSSR count). The van der Waals surface area contributed by atoms with Crippen molar-refractivity contribution in [2.24, 2.45) is 17.3 Å². The number of amides is 4. The third kappa shape index (κ3) is 10.1. The van der Waals surface area contributed by atoms with E-state index in [1.54, 1.807) is 11.9 Å². The molecule has 5 heterocycles. The Morgan fingerprint density at radius 1 is 1.04 bits per heavy atom. The van der Waals surface area contributed by atoms with Gasteiger partial charge in [-0.15, -0.1) is 0 Å². The minimum absolute atomic E-state index is 0.145. The smallest absolute Gasteiger partial charge is 0.324 e. The van der Waals surface area contributed by atoms with Crippen LogP contribution in [-0.4, -0.2) is 124 Å². The summed E-state index contributed by atoms with van der Waals surface area (Å²) in [6.45, 7) is 20.0. The second kappa shape index (κ2) is 19.8. The highest BCUT2D eigenvalue weighted by Gasteiger charge is 2.40. The fourth-order valence-electron chi connectivity index (χ4n) is 10.2. The molecular formula is C53H70N8O6. The average Bonchev–Trinajstić information content (AvgIpc) is 3.92. The summed E-state index contributed by atoms with van der Waals surface area (Å²) in [6, 6.07) is 14.0. The summed E-state index contributed by atoms with van der Waals surface area (Å²) in [5.74, 6) is -2.54. The fourth-order valence-corrected chi connectivity index (χ4v) is 10.2. The normalized spacial score (nSPS) is 20.7. The Bertz CT molecular complexity index is 2540. The Kier molecular flexibility index (Phi) is 14.5. The standard InChI is InChI=1S/C53H70N8O6/c1-12-45(62)59-25-22-37(31-59)49(64)58(11)46(33(3)4)48(63)55-43-27-34-16-14-17-35(26-34)36-19-20-44-38(28-36)39(29-52(5,6)32-67-51(66)42-18-15-24-61(56-42)50(43)65)47(60(44)13-2)40-30-54-23-21-41(40)53(7,8)57(9)10/h12,14,16-17,19-21,23,26,28,30,33,37,42-43,46,56H,1,13,15,18,22,24-25,27,29,31-32H2,2-11H3,(H,55,63)/t37?,42-,43-,46-/m0/s1. The van der Waals surface area contributed by atoms with Crippen LogP contribution in [0, 0.1) is 17.3 Å². The summed E-state index contributed by atoms with van der Waals surface area (Å²) in [5, 5.41) is 5.61. The zero-order chi connectivity index (χ0) is 48.5. The number of pyridine rings is 1. The van der Waals surface area contributed by atoms with E-state index in [-0.39, 0.29) is 42.8 Å². The molecule has 2 aromatic heterocycles. The van der Waals surface area contributed by atoms with Crippen LogP contribution in [0.5, 0.6) is 0 Å². The second-order valence-electron chi connectivity index (χ2n) is 20.5. The lowest BCUT2D eigenvalue weighted by Crippen LogP contribution is -2.62. The Balaban J connectivity index is 1.30. The maximum Gasteiger partial charge on any atom is 0.324 e. The van der Waals surface area contributed by atoms with Gasteiger partial charge in [0.2, 0.25) is 17.7 Å². The number of fused-ring (bicyclic) bond motifs is 6. The van der Waals surface area contributed by atoms with Crippen LogP contribution in [0.2, 0.25) is 0 Å². The maximum absolute atomic E-state index is 14.7. The van der Waals surface area contributed by atoms with Gasteiger partial charge >= 0.3 is 5.97 Å². The molecule has 2 N–H and O–H groups in total. The van der Waals surface area contributed by atoms with Gasteiger partial charge in [0.1, 0.15) is 18.1 Å². The number of hydrogen-bond acceptors (Lipinski definition) is 9. The molecule has 0 radical (unpaired) electrons. The number of aromatic nitrogens is 2. The van der Waals surface area contributed by atoms with Crippen molar-refractivity contribution in [1.29, 1.82) is 0 Å². The number of likely N-dealkylation sites (N-methyl/N-ethyl adjacent to an activating group) is 1. The van der Waals surface area contributed by atoms with Gasteiger partial charge in [-0.05, 0) is 119 Å². The number of benzene rings is 2. The van der Waals surface area contributed by atoms with Gasteiger partial charge in [-0.25, -0.2) is 5.43 Å². The quantitative estimate of drug-likeness (QED) is 0.137. The van der Waals surface area contributed by atoms with Crippen molar-refractivity contribution >= 4 is 40.5 Å². The minimum atomic E-state index is -1.05. The van der Waals surface area contributed by atoms with Crippen molar-refractivity contribution in [3.05, 3.63) is 90.3 Å². The van der Waals surface area contributed by atoms with E-state index >= 15 is 0 Å². The van der Waals surface area contributed by atoms with Crippen molar-refractivity contribution < 1.29 is 28.7 Å². The first-order valence-electron chi connectivity index (χ1n) is 23.9. The predicted octanol–water partition coefficient (Wildman–Crippen LogP) is 6.35. The third-order valence-electron chi connectivity index (χ3n) is 14.3. The molecule has 0 saturated carbocycles. The minimum Gasteiger partial charge on any atom is -0.464 e. The average molecular weight is 915 g/mol. The van der Waals surface area contributed by atoms with E-state index in [1.165, 1.54) is 16.0 Å². The summed E-state index contributed by atoms with van der Waals surface area (Å²) >= 11 is 0. The Hall–Kier alpha value is -5.86. The van der Waals surface area contributed by atoms with E-state index in [2.05, 4.69) is 117 Å². The molecule has 0 aliphatic carbocycles. The molecule has 4 amide bonds. The first-order chi connectivity index (χ1) is 31.8. The van der Waals surface area contributed by atoms with Crippen molar-refractivity contribution in [2.75, 3.05) is 47.4 Å². The van der Waals surface area contributed by atoms with Gasteiger partial charge in [0.05, 0.1) is 18.2 Å². The Labute approximate surface area is 396 Å². The number of nitrogens with one attached hydrogen (secondary N) is 2. The number of esters is 1. The lowest BCUT2D eigenvalue weighted by Gasteiger charge is -2.37. The van der Waals surface area contributed by atoms with Gasteiger partial charge in [0.25, 0.3) is 5.91 Å². The number of hydrogen-bond donors (Lipinski definition) is 2. The zero-order valence-corrected chi connectivity index (χ0v) is 41.1. The van der Waals surface area contributed by atoms with E-state index in [0.717, 1.165) is 56.5 Å². The van der Waals surface area contributed by atoms with Crippen LogP contribution in [0.15, 0.2) is 73.6 Å². The topological polar surface area (TPSA) is 149 Å². The van der Waals surface area contributed by atoms with E-state index < -0.39 is 47.2 Å². The number of aryl methyl sites for hydroxylation is 1. The highest BCUT2D eigenvalue weighted by atomic mass is 16.5. The van der Waals surface area contributed by atoms with Crippen LogP contribution in [0.4, 0.5) is 0 Å². The van der Waals surface area contributed by atoms with Crippen LogP contribution in [0.3, 0.4) is 0 Å². The van der Waals surface area contributed by atoms with Crippen molar-refractivity contribution in [2.45, 2.75) is 111 Å². The number of nitrogens with zero attached hydrogens (tertiary/aromatic N) is 6. The molecule has 6 bridgehead atoms. The maximum atomic E-state index is 14.7. The molecule has 67 heavy (non-hydrogen) atoms. The van der Waals surface area contributed by atoms with Crippen LogP contribution < -0.4 is 10.7 Å². The molecule has 14 heteroatoms. The summed E-state index contributed by atoms with van der Waals surface area (Å²) in [5.41, 5.74) is 10.7. The van der Waals surface area contributed by atoms with Crippen molar-refractivity contribution in [3.8, 4) is 22.4 Å². The lowest BCUT2D eigenvalue weighted by molar-refractivity contribution is -0.155. The van der Waals surface area contributed by atoms with E-state index in [0.29, 0.717) is 38.8 Å². The second-order valence-corrected chi connectivity index (χ2v) is 20.5. The molecule has 1 unspecified atom stereocenters.